The summed E-state index contributed by atoms with van der Waals surface area (Å²) in [7, 11) is 4.75. The van der Waals surface area contributed by atoms with E-state index < -0.39 is 34.6 Å². The van der Waals surface area contributed by atoms with Crippen LogP contribution in [0.2, 0.25) is 0 Å². The number of rotatable bonds is 8. The highest BCUT2D eigenvalue weighted by Crippen LogP contribution is 2.42. The molecule has 2 unspecified atom stereocenters. The van der Waals surface area contributed by atoms with Crippen LogP contribution in [0.15, 0.2) is 27.3 Å². The molecule has 2 aliphatic rings. The second-order valence-corrected chi connectivity index (χ2v) is 8.12. The van der Waals surface area contributed by atoms with Crippen LogP contribution in [0.3, 0.4) is 0 Å². The van der Waals surface area contributed by atoms with Crippen LogP contribution in [0, 0.1) is 5.41 Å². The number of thioether (sulfide) groups is 1. The molecule has 3 heterocycles. The van der Waals surface area contributed by atoms with Crippen molar-refractivity contribution in [3.63, 3.8) is 0 Å². The number of β-lactam (4-membered cyclic amide) rings is 1. The zero-order valence-corrected chi connectivity index (χ0v) is 17.8. The lowest BCUT2D eigenvalue weighted by molar-refractivity contribution is -0.156. The molecule has 2 fully saturated rings. The quantitative estimate of drug-likeness (QED) is 0.170. The molecule has 2 amide bonds. The van der Waals surface area contributed by atoms with Gasteiger partial charge in [-0.2, -0.15) is 9.98 Å². The molecule has 0 spiro atoms. The topological polar surface area (TPSA) is 163 Å². The molecule has 0 aromatic carbocycles. The number of aromatic nitrogens is 2. The molecular weight excluding hydrogens is 430 g/mol. The number of aliphatic carboxylic acids is 1. The summed E-state index contributed by atoms with van der Waals surface area (Å²) in [4.78, 5) is 52.6. The lowest BCUT2D eigenvalue weighted by atomic mass is 9.87. The molecular formula is C17H21N7O6S. The van der Waals surface area contributed by atoms with Crippen LogP contribution >= 0.6 is 11.8 Å². The van der Waals surface area contributed by atoms with E-state index in [1.165, 1.54) is 36.2 Å². The Morgan fingerprint density at radius 3 is 2.87 bits per heavy atom. The number of nitrogens with zero attached hydrogens (tertiary/aromatic N) is 6. The Bertz CT molecular complexity index is 961. The van der Waals surface area contributed by atoms with E-state index in [-0.39, 0.29) is 29.8 Å². The Kier molecular flexibility index (Phi) is 6.29. The Hall–Kier alpha value is -3.42. The van der Waals surface area contributed by atoms with Crippen molar-refractivity contribution in [1.82, 2.24) is 25.3 Å². The van der Waals surface area contributed by atoms with Crippen molar-refractivity contribution in [2.24, 2.45) is 15.6 Å². The standard InChI is InChI=1S/C17H21N7O6S/c1-5-17(15(27)28)6-24-13(26)10(14(24)31-7-17)19-12(25)9(21-29-4)11-20-16(30-22-11)18-8-23(2)3/h5,8,10,14H,1,6-7H2,2-4H3,(H,19,25)(H,27,28)/t10?,14-,17?/m1/s1. The van der Waals surface area contributed by atoms with Crippen LogP contribution in [-0.2, 0) is 19.2 Å². The highest BCUT2D eigenvalue weighted by atomic mass is 32.2. The van der Waals surface area contributed by atoms with Crippen LogP contribution in [0.5, 0.6) is 0 Å². The third kappa shape index (κ3) is 4.23. The average Bonchev–Trinajstić information content (AvgIpc) is 3.22. The first-order valence-electron chi connectivity index (χ1n) is 8.98. The fourth-order valence-corrected chi connectivity index (χ4v) is 4.48. The Morgan fingerprint density at radius 2 is 2.26 bits per heavy atom. The zero-order chi connectivity index (χ0) is 22.8. The fraction of sp³-hybridized carbons (Fsp3) is 0.471. The fourth-order valence-electron chi connectivity index (χ4n) is 2.95. The first kappa shape index (κ1) is 22.3. The van der Waals surface area contributed by atoms with Crippen molar-refractivity contribution in [3.8, 4) is 0 Å². The minimum absolute atomic E-state index is 0.00813. The molecule has 0 aliphatic carbocycles. The van der Waals surface area contributed by atoms with E-state index >= 15 is 0 Å². The second kappa shape index (κ2) is 8.75. The maximum atomic E-state index is 12.7. The molecule has 31 heavy (non-hydrogen) atoms. The average molecular weight is 451 g/mol. The number of carbonyl (C=O) groups excluding carboxylic acids is 2. The molecule has 2 saturated heterocycles. The van der Waals surface area contributed by atoms with E-state index in [0.29, 0.717) is 0 Å². The molecule has 3 atom stereocenters. The number of nitrogens with one attached hydrogen (secondary N) is 1. The van der Waals surface area contributed by atoms with E-state index in [2.05, 4.69) is 32.2 Å². The van der Waals surface area contributed by atoms with Crippen LogP contribution in [-0.4, -0.2) is 99.8 Å². The number of carboxylic acids is 1. The molecule has 2 N–H and O–H groups in total. The molecule has 13 nitrogen and oxygen atoms in total. The van der Waals surface area contributed by atoms with Crippen molar-refractivity contribution in [3.05, 3.63) is 18.5 Å². The Labute approximate surface area is 181 Å². The number of oxime groups is 1. The van der Waals surface area contributed by atoms with Crippen LogP contribution in [0.1, 0.15) is 5.82 Å². The van der Waals surface area contributed by atoms with Gasteiger partial charge in [-0.25, -0.2) is 0 Å². The van der Waals surface area contributed by atoms with E-state index in [1.807, 2.05) is 0 Å². The van der Waals surface area contributed by atoms with E-state index in [4.69, 9.17) is 9.36 Å². The molecule has 2 aliphatic heterocycles. The van der Waals surface area contributed by atoms with Gasteiger partial charge in [0.25, 0.3) is 5.91 Å². The summed E-state index contributed by atoms with van der Waals surface area (Å²) in [5, 5.41) is 19.0. The van der Waals surface area contributed by atoms with Crippen molar-refractivity contribution in [2.45, 2.75) is 11.4 Å². The third-order valence-corrected chi connectivity index (χ3v) is 6.18. The monoisotopic (exact) mass is 451 g/mol. The molecule has 0 saturated carbocycles. The SMILES string of the molecule is C=CC1(C(=O)O)CS[C@@H]2C(NC(=O)C(=NOC)c3noc(N=CN(C)C)n3)C(=O)N2C1. The number of carbonyl (C=O) groups is 3. The van der Waals surface area contributed by atoms with Crippen molar-refractivity contribution in [2.75, 3.05) is 33.5 Å². The molecule has 1 aromatic rings. The van der Waals surface area contributed by atoms with Gasteiger partial charge in [-0.05, 0) is 0 Å². The number of hydrogen-bond acceptors (Lipinski definition) is 10. The van der Waals surface area contributed by atoms with Crippen molar-refractivity contribution >= 4 is 47.6 Å². The first-order valence-corrected chi connectivity index (χ1v) is 10.0. The normalized spacial score (nSPS) is 25.6. The molecule has 0 radical (unpaired) electrons. The number of fused-ring (bicyclic) bond motifs is 1. The van der Waals surface area contributed by atoms with Gasteiger partial charge in [0.15, 0.2) is 0 Å². The van der Waals surface area contributed by atoms with Gasteiger partial charge in [0.2, 0.25) is 17.4 Å². The van der Waals surface area contributed by atoms with Gasteiger partial charge >= 0.3 is 12.0 Å². The predicted molar refractivity (Wildman–Crippen MR) is 110 cm³/mol. The maximum absolute atomic E-state index is 12.7. The summed E-state index contributed by atoms with van der Waals surface area (Å²) in [5.41, 5.74) is -1.52. The Morgan fingerprint density at radius 1 is 1.52 bits per heavy atom. The number of amides is 2. The van der Waals surface area contributed by atoms with E-state index in [1.54, 1.807) is 19.0 Å². The molecule has 14 heteroatoms. The predicted octanol–water partition coefficient (Wildman–Crippen LogP) is -0.702. The number of aliphatic imine (C=N–C) groups is 1. The summed E-state index contributed by atoms with van der Waals surface area (Å²) < 4.78 is 4.96. The lowest BCUT2D eigenvalue weighted by Crippen LogP contribution is -2.73. The number of carboxylic acid groups (broad SMARTS) is 1. The van der Waals surface area contributed by atoms with Gasteiger partial charge in [0.05, 0.1) is 6.34 Å². The molecule has 0 bridgehead atoms. The van der Waals surface area contributed by atoms with E-state index in [0.717, 1.165) is 0 Å². The van der Waals surface area contributed by atoms with Crippen LogP contribution in [0.25, 0.3) is 0 Å². The number of hydrogen-bond donors (Lipinski definition) is 2. The summed E-state index contributed by atoms with van der Waals surface area (Å²) in [6.45, 7) is 3.58. The summed E-state index contributed by atoms with van der Waals surface area (Å²) in [5.74, 6) is -2.14. The van der Waals surface area contributed by atoms with Crippen LogP contribution < -0.4 is 5.32 Å². The van der Waals surface area contributed by atoms with Gasteiger partial charge in [-0.15, -0.1) is 18.3 Å². The third-order valence-electron chi connectivity index (χ3n) is 4.63. The largest absolute Gasteiger partial charge is 0.481 e. The highest BCUT2D eigenvalue weighted by Gasteiger charge is 2.56. The minimum atomic E-state index is -1.22. The molecule has 1 aromatic heterocycles. The lowest BCUT2D eigenvalue weighted by Gasteiger charge is -2.53. The van der Waals surface area contributed by atoms with Gasteiger partial charge in [-0.3, -0.25) is 14.4 Å². The second-order valence-electron chi connectivity index (χ2n) is 7.02. The molecule has 3 rings (SSSR count). The van der Waals surface area contributed by atoms with Gasteiger partial charge < -0.3 is 29.6 Å². The summed E-state index contributed by atoms with van der Waals surface area (Å²) >= 11 is 1.25. The van der Waals surface area contributed by atoms with E-state index in [9.17, 15) is 19.5 Å². The minimum Gasteiger partial charge on any atom is -0.481 e. The smallest absolute Gasteiger partial charge is 0.349 e. The molecule has 166 valence electrons. The summed E-state index contributed by atoms with van der Waals surface area (Å²) in [6, 6.07) is -0.947. The van der Waals surface area contributed by atoms with Crippen LogP contribution in [0.4, 0.5) is 6.01 Å². The van der Waals surface area contributed by atoms with Gasteiger partial charge in [-0.1, -0.05) is 16.4 Å². The maximum Gasteiger partial charge on any atom is 0.349 e. The van der Waals surface area contributed by atoms with Crippen molar-refractivity contribution < 1.29 is 28.9 Å². The van der Waals surface area contributed by atoms with Crippen molar-refractivity contribution in [1.29, 1.82) is 0 Å². The zero-order valence-electron chi connectivity index (χ0n) is 17.0. The van der Waals surface area contributed by atoms with Gasteiger partial charge in [0.1, 0.15) is 23.9 Å². The first-order chi connectivity index (χ1) is 14.7. The highest BCUT2D eigenvalue weighted by molar-refractivity contribution is 8.00. The Balaban J connectivity index is 1.71. The van der Waals surface area contributed by atoms with Gasteiger partial charge in [0, 0.05) is 26.4 Å². The summed E-state index contributed by atoms with van der Waals surface area (Å²) in [6.07, 6.45) is 2.78.